The van der Waals surface area contributed by atoms with E-state index in [4.69, 9.17) is 21.5 Å². The molecule has 0 bridgehead atoms. The first-order valence-corrected chi connectivity index (χ1v) is 16.2. The molecule has 0 aliphatic carbocycles. The SMILES string of the molecule is [C-]#[N+]C1CCN(c2nc(NCc3ccccc3-c3nccc4cc(CC(=O)/C=C/CN(C)C)ccc34)n3ncc(C(C)C)c3n2)CC1. The number of aromatic nitrogens is 5. The summed E-state index contributed by atoms with van der Waals surface area (Å²) < 4.78 is 1.79. The molecule has 47 heavy (non-hydrogen) atoms. The van der Waals surface area contributed by atoms with Gasteiger partial charge in [-0.3, -0.25) is 9.78 Å². The molecule has 1 saturated heterocycles. The van der Waals surface area contributed by atoms with E-state index in [1.807, 2.05) is 61.7 Å². The zero-order valence-corrected chi connectivity index (χ0v) is 27.5. The number of benzene rings is 2. The molecule has 2 aromatic carbocycles. The summed E-state index contributed by atoms with van der Waals surface area (Å²) in [4.78, 5) is 35.2. The molecule has 6 rings (SSSR count). The Hall–Kier alpha value is -5.14. The van der Waals surface area contributed by atoms with Crippen LogP contribution in [0, 0.1) is 6.57 Å². The smallest absolute Gasteiger partial charge is 0.230 e. The molecular weight excluding hydrogens is 586 g/mol. The van der Waals surface area contributed by atoms with Gasteiger partial charge >= 0.3 is 0 Å². The fourth-order valence-electron chi connectivity index (χ4n) is 6.03. The zero-order chi connectivity index (χ0) is 32.9. The van der Waals surface area contributed by atoms with Gasteiger partial charge in [-0.25, -0.2) is 6.57 Å². The summed E-state index contributed by atoms with van der Waals surface area (Å²) in [5.41, 5.74) is 5.83. The molecule has 0 spiro atoms. The van der Waals surface area contributed by atoms with Gasteiger partial charge in [0.2, 0.25) is 17.9 Å². The number of nitrogens with one attached hydrogen (secondary N) is 1. The van der Waals surface area contributed by atoms with Crippen LogP contribution in [0.1, 0.15) is 49.3 Å². The van der Waals surface area contributed by atoms with Crippen LogP contribution in [0.25, 0.3) is 32.5 Å². The maximum Gasteiger partial charge on any atom is 0.230 e. The first-order chi connectivity index (χ1) is 22.8. The lowest BCUT2D eigenvalue weighted by Crippen LogP contribution is -2.36. The first kappa shape index (κ1) is 31.8. The number of piperidine rings is 1. The lowest BCUT2D eigenvalue weighted by molar-refractivity contribution is -0.114. The number of rotatable bonds is 11. The van der Waals surface area contributed by atoms with Crippen molar-refractivity contribution in [1.29, 1.82) is 0 Å². The van der Waals surface area contributed by atoms with E-state index in [2.05, 4.69) is 58.3 Å². The summed E-state index contributed by atoms with van der Waals surface area (Å²) in [6, 6.07) is 16.5. The quantitative estimate of drug-likeness (QED) is 0.137. The summed E-state index contributed by atoms with van der Waals surface area (Å²) in [6.07, 6.45) is 9.27. The van der Waals surface area contributed by atoms with Gasteiger partial charge < -0.3 is 20.0 Å². The molecule has 0 radical (unpaired) electrons. The van der Waals surface area contributed by atoms with Crippen LogP contribution in [-0.2, 0) is 17.8 Å². The third kappa shape index (κ3) is 7.16. The van der Waals surface area contributed by atoms with Crippen molar-refractivity contribution >= 4 is 34.1 Å². The van der Waals surface area contributed by atoms with Gasteiger partial charge in [-0.05, 0) is 48.7 Å². The largest absolute Gasteiger partial charge is 0.350 e. The van der Waals surface area contributed by atoms with Crippen molar-refractivity contribution in [2.24, 2.45) is 0 Å². The minimum Gasteiger partial charge on any atom is -0.350 e. The number of allylic oxidation sites excluding steroid dienone is 1. The minimum absolute atomic E-state index is 0.0669. The number of anilines is 2. The van der Waals surface area contributed by atoms with Crippen molar-refractivity contribution in [2.45, 2.75) is 51.6 Å². The molecule has 10 nitrogen and oxygen atoms in total. The van der Waals surface area contributed by atoms with Gasteiger partial charge in [0.05, 0.1) is 11.9 Å². The molecule has 1 aliphatic rings. The number of fused-ring (bicyclic) bond motifs is 2. The van der Waals surface area contributed by atoms with Crippen molar-refractivity contribution in [1.82, 2.24) is 29.5 Å². The number of likely N-dealkylation sites (N-methyl/N-ethyl adjacent to an activating group) is 1. The second-order valence-electron chi connectivity index (χ2n) is 12.7. The summed E-state index contributed by atoms with van der Waals surface area (Å²) in [6.45, 7) is 14.5. The number of pyridine rings is 1. The Bertz CT molecular complexity index is 1960. The standard InChI is InChI=1S/C37H41N9O/c1-25(2)33-24-41-46-35(33)42-37(45-19-15-29(38-3)16-20-45)43-36(46)40-23-28-9-6-7-11-31(28)34-32-13-12-26(21-27(32)14-17-39-34)22-30(47)10-8-18-44(4)5/h6-14,17,21,24-25,29H,15-16,18-20,22-23H2,1-2,4-5H3,(H,40,42,43)/b10-8+. The first-order valence-electron chi connectivity index (χ1n) is 16.2. The molecule has 5 aromatic rings. The highest BCUT2D eigenvalue weighted by Crippen LogP contribution is 2.31. The van der Waals surface area contributed by atoms with Gasteiger partial charge in [0.25, 0.3) is 0 Å². The highest BCUT2D eigenvalue weighted by atomic mass is 16.1. The van der Waals surface area contributed by atoms with Crippen molar-refractivity contribution in [3.63, 3.8) is 0 Å². The normalized spacial score (nSPS) is 14.1. The van der Waals surface area contributed by atoms with Gasteiger partial charge in [-0.1, -0.05) is 62.4 Å². The number of nitrogens with zero attached hydrogens (tertiary/aromatic N) is 8. The van der Waals surface area contributed by atoms with Crippen LogP contribution < -0.4 is 10.2 Å². The molecular formula is C37H41N9O. The lowest BCUT2D eigenvalue weighted by Gasteiger charge is -2.27. The summed E-state index contributed by atoms with van der Waals surface area (Å²) in [5, 5.41) is 10.3. The molecule has 1 N–H and O–H groups in total. The molecule has 240 valence electrons. The van der Waals surface area contributed by atoms with Crippen molar-refractivity contribution < 1.29 is 4.79 Å². The van der Waals surface area contributed by atoms with Crippen LogP contribution >= 0.6 is 0 Å². The molecule has 0 atom stereocenters. The average Bonchev–Trinajstić information content (AvgIpc) is 3.51. The van der Waals surface area contributed by atoms with Gasteiger partial charge in [-0.15, -0.1) is 0 Å². The molecule has 10 heteroatoms. The molecule has 1 fully saturated rings. The van der Waals surface area contributed by atoms with Crippen molar-refractivity contribution in [3.8, 4) is 11.3 Å². The Morgan fingerprint density at radius 3 is 2.70 bits per heavy atom. The van der Waals surface area contributed by atoms with Crippen LogP contribution in [0.4, 0.5) is 11.9 Å². The maximum atomic E-state index is 12.6. The van der Waals surface area contributed by atoms with Crippen LogP contribution in [0.5, 0.6) is 0 Å². The van der Waals surface area contributed by atoms with Gasteiger partial charge in [0.15, 0.2) is 11.4 Å². The molecule has 0 amide bonds. The highest BCUT2D eigenvalue weighted by Gasteiger charge is 2.26. The van der Waals surface area contributed by atoms with Crippen LogP contribution in [0.3, 0.4) is 0 Å². The van der Waals surface area contributed by atoms with E-state index in [0.29, 0.717) is 24.9 Å². The number of carbonyl (C=O) groups is 1. The lowest BCUT2D eigenvalue weighted by atomic mass is 9.97. The van der Waals surface area contributed by atoms with Crippen molar-refractivity contribution in [3.05, 3.63) is 101 Å². The molecule has 3 aromatic heterocycles. The number of hydrogen-bond acceptors (Lipinski definition) is 8. The second kappa shape index (κ2) is 14.1. The van der Waals surface area contributed by atoms with Gasteiger partial charge in [-0.2, -0.15) is 19.6 Å². The topological polar surface area (TPSA) is 95.9 Å². The predicted molar refractivity (Wildman–Crippen MR) is 188 cm³/mol. The zero-order valence-electron chi connectivity index (χ0n) is 27.5. The Labute approximate surface area is 276 Å². The molecule has 4 heterocycles. The Morgan fingerprint density at radius 2 is 1.94 bits per heavy atom. The molecule has 0 saturated carbocycles. The predicted octanol–water partition coefficient (Wildman–Crippen LogP) is 6.19. The van der Waals surface area contributed by atoms with Gasteiger partial charge in [0.1, 0.15) is 0 Å². The van der Waals surface area contributed by atoms with Crippen LogP contribution in [0.2, 0.25) is 0 Å². The van der Waals surface area contributed by atoms with E-state index in [1.165, 1.54) is 0 Å². The van der Waals surface area contributed by atoms with Gasteiger partial charge in [0, 0.05) is 68.2 Å². The van der Waals surface area contributed by atoms with E-state index >= 15 is 0 Å². The molecule has 1 aliphatic heterocycles. The van der Waals surface area contributed by atoms with E-state index in [1.54, 1.807) is 10.6 Å². The fourth-order valence-corrected chi connectivity index (χ4v) is 6.03. The highest BCUT2D eigenvalue weighted by molar-refractivity contribution is 5.97. The third-order valence-corrected chi connectivity index (χ3v) is 8.63. The molecule has 0 unspecified atom stereocenters. The second-order valence-corrected chi connectivity index (χ2v) is 12.7. The summed E-state index contributed by atoms with van der Waals surface area (Å²) in [5.74, 6) is 1.63. The van der Waals surface area contributed by atoms with Crippen molar-refractivity contribution in [2.75, 3.05) is 43.9 Å². The Morgan fingerprint density at radius 1 is 1.13 bits per heavy atom. The summed E-state index contributed by atoms with van der Waals surface area (Å²) >= 11 is 0. The van der Waals surface area contributed by atoms with E-state index in [-0.39, 0.29) is 17.7 Å². The van der Waals surface area contributed by atoms with E-state index < -0.39 is 0 Å². The van der Waals surface area contributed by atoms with Crippen LogP contribution in [-0.4, -0.2) is 75.0 Å². The fraction of sp³-hybridized carbons (Fsp3) is 0.351. The van der Waals surface area contributed by atoms with E-state index in [0.717, 1.165) is 76.8 Å². The number of carbonyl (C=O) groups excluding carboxylic acids is 1. The maximum absolute atomic E-state index is 12.6. The third-order valence-electron chi connectivity index (χ3n) is 8.63. The summed E-state index contributed by atoms with van der Waals surface area (Å²) in [7, 11) is 3.96. The monoisotopic (exact) mass is 627 g/mol. The van der Waals surface area contributed by atoms with E-state index in [9.17, 15) is 4.79 Å². The minimum atomic E-state index is 0.0669. The van der Waals surface area contributed by atoms with Crippen LogP contribution in [0.15, 0.2) is 73.1 Å². The Balaban J connectivity index is 1.28. The number of hydrogen-bond donors (Lipinski definition) is 1. The number of ketones is 1. The Kier molecular flexibility index (Phi) is 9.55. The average molecular weight is 628 g/mol.